The predicted octanol–water partition coefficient (Wildman–Crippen LogP) is 3.11. The van der Waals surface area contributed by atoms with Crippen molar-refractivity contribution in [2.75, 3.05) is 11.1 Å². The van der Waals surface area contributed by atoms with Crippen LogP contribution in [0.3, 0.4) is 0 Å². The van der Waals surface area contributed by atoms with Gasteiger partial charge in [-0.3, -0.25) is 4.79 Å². The third-order valence-corrected chi connectivity index (χ3v) is 2.80. The number of hydrogen-bond acceptors (Lipinski definition) is 2. The number of nitrogens with two attached hydrogens (primary N) is 1. The third-order valence-electron chi connectivity index (χ3n) is 2.80. The summed E-state index contributed by atoms with van der Waals surface area (Å²) < 4.78 is 26.2. The van der Waals surface area contributed by atoms with E-state index in [4.69, 9.17) is 5.73 Å². The molecule has 0 aromatic heterocycles. The highest BCUT2D eigenvalue weighted by atomic mass is 19.1. The number of nitrogens with one attached hydrogen (secondary N) is 1. The summed E-state index contributed by atoms with van der Waals surface area (Å²) in [5, 5.41) is 2.55. The van der Waals surface area contributed by atoms with Crippen LogP contribution in [0.4, 0.5) is 20.2 Å². The molecule has 3 N–H and O–H groups in total. The Morgan fingerprint density at radius 2 is 1.95 bits per heavy atom. The lowest BCUT2D eigenvalue weighted by molar-refractivity contribution is 0.102. The molecule has 0 aliphatic heterocycles. The molecule has 0 heterocycles. The number of amides is 1. The molecule has 98 valence electrons. The van der Waals surface area contributed by atoms with Gasteiger partial charge in [-0.15, -0.1) is 0 Å². The van der Waals surface area contributed by atoms with E-state index in [0.717, 1.165) is 12.1 Å². The Balaban J connectivity index is 2.28. The van der Waals surface area contributed by atoms with Gasteiger partial charge in [0, 0.05) is 17.4 Å². The zero-order valence-corrected chi connectivity index (χ0v) is 10.2. The molecular weight excluding hydrogens is 250 g/mol. The number of hydrogen-bond donors (Lipinski definition) is 2. The second-order valence-corrected chi connectivity index (χ2v) is 4.10. The molecule has 0 bridgehead atoms. The molecule has 5 heteroatoms. The molecule has 3 nitrogen and oxygen atoms in total. The molecule has 0 saturated heterocycles. The van der Waals surface area contributed by atoms with Crippen molar-refractivity contribution in [3.8, 4) is 0 Å². The summed E-state index contributed by atoms with van der Waals surface area (Å²) in [5.41, 5.74) is 7.20. The molecular formula is C14H12F2N2O. The number of benzene rings is 2. The average molecular weight is 262 g/mol. The second kappa shape index (κ2) is 5.06. The van der Waals surface area contributed by atoms with Gasteiger partial charge < -0.3 is 11.1 Å². The Hall–Kier alpha value is -2.43. The standard InChI is InChI=1S/C14H12F2N2O/c1-8-12(17)3-2-4-13(8)18-14(19)10-6-5-9(15)7-11(10)16/h2-7H,17H2,1H3,(H,18,19). The number of carbonyl (C=O) groups is 1. The lowest BCUT2D eigenvalue weighted by Gasteiger charge is -2.10. The summed E-state index contributed by atoms with van der Waals surface area (Å²) in [5.74, 6) is -2.28. The fraction of sp³-hybridized carbons (Fsp3) is 0.0714. The van der Waals surface area contributed by atoms with Crippen molar-refractivity contribution in [3.63, 3.8) is 0 Å². The first-order chi connectivity index (χ1) is 8.99. The van der Waals surface area contributed by atoms with Gasteiger partial charge in [-0.05, 0) is 36.8 Å². The van der Waals surface area contributed by atoms with Crippen molar-refractivity contribution in [1.82, 2.24) is 0 Å². The SMILES string of the molecule is Cc1c(N)cccc1NC(=O)c1ccc(F)cc1F. The van der Waals surface area contributed by atoms with Gasteiger partial charge in [-0.25, -0.2) is 8.78 Å². The number of rotatable bonds is 2. The van der Waals surface area contributed by atoms with Crippen LogP contribution in [-0.4, -0.2) is 5.91 Å². The summed E-state index contributed by atoms with van der Waals surface area (Å²) in [6.07, 6.45) is 0. The van der Waals surface area contributed by atoms with Crippen molar-refractivity contribution in [2.45, 2.75) is 6.92 Å². The molecule has 0 saturated carbocycles. The largest absolute Gasteiger partial charge is 0.398 e. The van der Waals surface area contributed by atoms with E-state index in [9.17, 15) is 13.6 Å². The second-order valence-electron chi connectivity index (χ2n) is 4.10. The Bertz CT molecular complexity index is 641. The number of halogens is 2. The summed E-state index contributed by atoms with van der Waals surface area (Å²) in [6, 6.07) is 7.83. The van der Waals surface area contributed by atoms with Crippen LogP contribution in [0.25, 0.3) is 0 Å². The van der Waals surface area contributed by atoms with Gasteiger partial charge in [-0.2, -0.15) is 0 Å². The van der Waals surface area contributed by atoms with Gasteiger partial charge in [0.15, 0.2) is 0 Å². The first kappa shape index (κ1) is 13.0. The van der Waals surface area contributed by atoms with Crippen LogP contribution in [-0.2, 0) is 0 Å². The van der Waals surface area contributed by atoms with E-state index in [1.807, 2.05) is 0 Å². The smallest absolute Gasteiger partial charge is 0.258 e. The lowest BCUT2D eigenvalue weighted by atomic mass is 10.1. The number of nitrogen functional groups attached to an aromatic ring is 1. The van der Waals surface area contributed by atoms with Gasteiger partial charge in [0.05, 0.1) is 5.56 Å². The maximum atomic E-state index is 13.5. The van der Waals surface area contributed by atoms with Crippen molar-refractivity contribution >= 4 is 17.3 Å². The predicted molar refractivity (Wildman–Crippen MR) is 69.9 cm³/mol. The van der Waals surface area contributed by atoms with Crippen molar-refractivity contribution in [1.29, 1.82) is 0 Å². The first-order valence-corrected chi connectivity index (χ1v) is 5.60. The van der Waals surface area contributed by atoms with Crippen molar-refractivity contribution in [2.24, 2.45) is 0 Å². The Morgan fingerprint density at radius 3 is 2.63 bits per heavy atom. The first-order valence-electron chi connectivity index (χ1n) is 5.60. The van der Waals surface area contributed by atoms with Crippen LogP contribution in [0.1, 0.15) is 15.9 Å². The molecule has 0 spiro atoms. The summed E-state index contributed by atoms with van der Waals surface area (Å²) in [4.78, 5) is 11.9. The van der Waals surface area contributed by atoms with Gasteiger partial charge in [-0.1, -0.05) is 6.07 Å². The molecule has 0 unspecified atom stereocenters. The Labute approximate surface area is 109 Å². The Morgan fingerprint density at radius 1 is 1.21 bits per heavy atom. The minimum absolute atomic E-state index is 0.219. The van der Waals surface area contributed by atoms with E-state index in [0.29, 0.717) is 23.0 Å². The van der Waals surface area contributed by atoms with Gasteiger partial charge in [0.25, 0.3) is 5.91 Å². The van der Waals surface area contributed by atoms with Crippen LogP contribution in [0.5, 0.6) is 0 Å². The molecule has 1 amide bonds. The van der Waals surface area contributed by atoms with Crippen molar-refractivity contribution < 1.29 is 13.6 Å². The maximum absolute atomic E-state index is 13.5. The van der Waals surface area contributed by atoms with E-state index in [-0.39, 0.29) is 5.56 Å². The zero-order chi connectivity index (χ0) is 14.0. The molecule has 0 atom stereocenters. The molecule has 19 heavy (non-hydrogen) atoms. The van der Waals surface area contributed by atoms with Crippen LogP contribution in [0.15, 0.2) is 36.4 Å². The fourth-order valence-electron chi connectivity index (χ4n) is 1.65. The molecule has 2 aromatic carbocycles. The van der Waals surface area contributed by atoms with Gasteiger partial charge >= 0.3 is 0 Å². The van der Waals surface area contributed by atoms with E-state index in [1.54, 1.807) is 25.1 Å². The Kier molecular flexibility index (Phi) is 3.46. The minimum atomic E-state index is -0.904. The fourth-order valence-corrected chi connectivity index (χ4v) is 1.65. The zero-order valence-electron chi connectivity index (χ0n) is 10.2. The van der Waals surface area contributed by atoms with Crippen LogP contribution in [0, 0.1) is 18.6 Å². The third kappa shape index (κ3) is 2.70. The number of carbonyl (C=O) groups excluding carboxylic acids is 1. The van der Waals surface area contributed by atoms with E-state index in [1.165, 1.54) is 0 Å². The number of anilines is 2. The van der Waals surface area contributed by atoms with Crippen LogP contribution in [0.2, 0.25) is 0 Å². The monoisotopic (exact) mass is 262 g/mol. The topological polar surface area (TPSA) is 55.1 Å². The van der Waals surface area contributed by atoms with E-state index >= 15 is 0 Å². The normalized spacial score (nSPS) is 10.3. The molecule has 0 radical (unpaired) electrons. The molecule has 2 rings (SSSR count). The van der Waals surface area contributed by atoms with Crippen LogP contribution < -0.4 is 11.1 Å². The average Bonchev–Trinajstić information content (AvgIpc) is 2.34. The van der Waals surface area contributed by atoms with Crippen LogP contribution >= 0.6 is 0 Å². The molecule has 0 aliphatic rings. The highest BCUT2D eigenvalue weighted by Gasteiger charge is 2.13. The highest BCUT2D eigenvalue weighted by molar-refractivity contribution is 6.05. The van der Waals surface area contributed by atoms with Gasteiger partial charge in [0.1, 0.15) is 11.6 Å². The summed E-state index contributed by atoms with van der Waals surface area (Å²) >= 11 is 0. The van der Waals surface area contributed by atoms with Gasteiger partial charge in [0.2, 0.25) is 0 Å². The quantitative estimate of drug-likeness (QED) is 0.817. The molecule has 0 aliphatic carbocycles. The summed E-state index contributed by atoms with van der Waals surface area (Å²) in [6.45, 7) is 1.74. The molecule has 0 fully saturated rings. The lowest BCUT2D eigenvalue weighted by Crippen LogP contribution is -2.15. The minimum Gasteiger partial charge on any atom is -0.398 e. The molecule has 2 aromatic rings. The van der Waals surface area contributed by atoms with E-state index < -0.39 is 17.5 Å². The maximum Gasteiger partial charge on any atom is 0.258 e. The summed E-state index contributed by atoms with van der Waals surface area (Å²) in [7, 11) is 0. The van der Waals surface area contributed by atoms with Crippen molar-refractivity contribution in [3.05, 3.63) is 59.2 Å². The highest BCUT2D eigenvalue weighted by Crippen LogP contribution is 2.21. The van der Waals surface area contributed by atoms with E-state index in [2.05, 4.69) is 5.32 Å².